The zero-order valence-corrected chi connectivity index (χ0v) is 47.5. The Hall–Kier alpha value is -9.34. The zero-order chi connectivity index (χ0) is 59.0. The molecule has 83 heavy (non-hydrogen) atoms. The average Bonchev–Trinajstić information content (AvgIpc) is 3.93. The Morgan fingerprint density at radius 1 is 0.759 bits per heavy atom. The van der Waals surface area contributed by atoms with Crippen LogP contribution in [-0.2, 0) is 30.4 Å². The summed E-state index contributed by atoms with van der Waals surface area (Å²) in [5.74, 6) is -0.688. The summed E-state index contributed by atoms with van der Waals surface area (Å²) in [5.41, 5.74) is 7.41. The van der Waals surface area contributed by atoms with Crippen LogP contribution in [0.5, 0.6) is 17.2 Å². The molecular weight excluding hydrogens is 1050 g/mol. The van der Waals surface area contributed by atoms with E-state index in [9.17, 15) is 29.5 Å². The molecule has 7 aromatic rings. The highest BCUT2D eigenvalue weighted by molar-refractivity contribution is 6.14. The molecule has 1 heterocycles. The molecule has 0 radical (unpaired) electrons. The maximum absolute atomic E-state index is 15.0. The van der Waals surface area contributed by atoms with Crippen LogP contribution in [0.4, 0.5) is 11.4 Å². The highest BCUT2D eigenvalue weighted by Crippen LogP contribution is 2.41. The molecule has 1 aliphatic rings. The molecule has 17 heteroatoms. The summed E-state index contributed by atoms with van der Waals surface area (Å²) in [4.78, 5) is 74.1. The summed E-state index contributed by atoms with van der Waals surface area (Å²) < 4.78 is 23.1. The van der Waals surface area contributed by atoms with E-state index in [1.54, 1.807) is 65.4 Å². The highest BCUT2D eigenvalue weighted by atomic mass is 16.5. The van der Waals surface area contributed by atoms with Crippen molar-refractivity contribution in [2.75, 3.05) is 77.1 Å². The van der Waals surface area contributed by atoms with Gasteiger partial charge in [0.05, 0.1) is 75.1 Å². The van der Waals surface area contributed by atoms with Gasteiger partial charge in [0.1, 0.15) is 36.5 Å². The molecule has 4 N–H and O–H groups in total. The number of fused-ring (bicyclic) bond motifs is 2. The summed E-state index contributed by atoms with van der Waals surface area (Å²) >= 11 is 0. The third-order valence-corrected chi connectivity index (χ3v) is 14.7. The van der Waals surface area contributed by atoms with Crippen LogP contribution in [-0.4, -0.2) is 125 Å². The zero-order valence-electron chi connectivity index (χ0n) is 47.5. The third kappa shape index (κ3) is 14.4. The number of nitrogens with one attached hydrogen (secondary N) is 3. The Labute approximate surface area is 484 Å². The first-order valence-corrected chi connectivity index (χ1v) is 27.5. The Kier molecular flexibility index (Phi) is 20.4. The predicted molar refractivity (Wildman–Crippen MR) is 320 cm³/mol. The summed E-state index contributed by atoms with van der Waals surface area (Å²) in [5, 5.41) is 30.5. The van der Waals surface area contributed by atoms with E-state index in [2.05, 4.69) is 41.1 Å². The van der Waals surface area contributed by atoms with Crippen LogP contribution in [0.25, 0.3) is 21.9 Å². The van der Waals surface area contributed by atoms with Gasteiger partial charge in [0, 0.05) is 30.3 Å². The van der Waals surface area contributed by atoms with Crippen LogP contribution in [0.3, 0.4) is 0 Å². The summed E-state index contributed by atoms with van der Waals surface area (Å²) in [6, 6.07) is 46.9. The van der Waals surface area contributed by atoms with Gasteiger partial charge in [-0.05, 0) is 139 Å². The largest absolute Gasteiger partial charge is 0.508 e. The Morgan fingerprint density at radius 3 is 2.11 bits per heavy atom. The number of nitriles is 1. The number of anilines is 2. The molecule has 8 rings (SSSR count). The molecule has 428 valence electrons. The molecular formula is C66H69N7O10. The number of allylic oxidation sites excluding steroid dienone is 1. The van der Waals surface area contributed by atoms with E-state index in [1.807, 2.05) is 91.0 Å². The fourth-order valence-electron chi connectivity index (χ4n) is 9.94. The second-order valence-electron chi connectivity index (χ2n) is 19.9. The number of nitrogens with zero attached hydrogens (tertiary/aromatic N) is 4. The van der Waals surface area contributed by atoms with Gasteiger partial charge in [0.2, 0.25) is 11.8 Å². The first-order chi connectivity index (χ1) is 40.2. The van der Waals surface area contributed by atoms with Crippen LogP contribution < -0.4 is 35.2 Å². The number of phenolic OH excluding ortho intramolecular Hbond substituents is 1. The molecule has 0 bridgehead atoms. The maximum atomic E-state index is 15.0. The quantitative estimate of drug-likeness (QED) is 0.0331. The lowest BCUT2D eigenvalue weighted by molar-refractivity contribution is -0.135. The Bertz CT molecular complexity index is 3490. The van der Waals surface area contributed by atoms with Crippen molar-refractivity contribution in [3.63, 3.8) is 0 Å². The van der Waals surface area contributed by atoms with Crippen molar-refractivity contribution >= 4 is 62.8 Å². The Morgan fingerprint density at radius 2 is 1.42 bits per heavy atom. The van der Waals surface area contributed by atoms with Gasteiger partial charge in [-0.1, -0.05) is 91.9 Å². The van der Waals surface area contributed by atoms with Gasteiger partial charge >= 0.3 is 0 Å². The van der Waals surface area contributed by atoms with Crippen LogP contribution in [0, 0.1) is 11.3 Å². The molecule has 17 nitrogen and oxygen atoms in total. The van der Waals surface area contributed by atoms with Crippen molar-refractivity contribution < 1.29 is 48.0 Å². The molecule has 1 aliphatic heterocycles. The number of likely N-dealkylation sites (N-methyl/N-ethyl adjacent to an activating group) is 2. The van der Waals surface area contributed by atoms with Crippen LogP contribution in [0.15, 0.2) is 158 Å². The lowest BCUT2D eigenvalue weighted by Gasteiger charge is -2.33. The van der Waals surface area contributed by atoms with Crippen LogP contribution in [0.1, 0.15) is 75.7 Å². The molecule has 0 saturated heterocycles. The average molecular weight is 1120 g/mol. The van der Waals surface area contributed by atoms with Gasteiger partial charge in [-0.3, -0.25) is 24.0 Å². The minimum absolute atomic E-state index is 0.00383. The van der Waals surface area contributed by atoms with Crippen molar-refractivity contribution in [3.8, 4) is 23.3 Å². The Balaban J connectivity index is 0.820. The number of rotatable bonds is 24. The normalized spacial score (nSPS) is 14.6. The number of carbonyl (C=O) groups is 5. The van der Waals surface area contributed by atoms with E-state index >= 15 is 4.79 Å². The molecule has 0 aliphatic carbocycles. The lowest BCUT2D eigenvalue weighted by atomic mass is 9.88. The van der Waals surface area contributed by atoms with E-state index in [-0.39, 0.29) is 80.2 Å². The van der Waals surface area contributed by atoms with E-state index in [1.165, 1.54) is 44.5 Å². The number of carbonyl (C=O) groups excluding carboxylic acids is 5. The number of methoxy groups -OCH3 is 1. The molecule has 0 spiro atoms. The fraction of sp³-hybridized carbons (Fsp3) is 0.273. The fourth-order valence-corrected chi connectivity index (χ4v) is 9.94. The van der Waals surface area contributed by atoms with Gasteiger partial charge in [-0.2, -0.15) is 5.26 Å². The number of amides is 5. The first kappa shape index (κ1) is 59.8. The number of ether oxygens (including phenoxy) is 4. The van der Waals surface area contributed by atoms with Crippen molar-refractivity contribution in [1.82, 2.24) is 20.9 Å². The molecule has 0 saturated carbocycles. The highest BCUT2D eigenvalue weighted by Gasteiger charge is 2.43. The molecule has 3 atom stereocenters. The standard InChI is InChI=1S/C66H69N7O10/c1-7-54(46-13-9-8-10-14-46)61(48-22-27-52(74)28-23-48)49-24-29-53(30-25-49)83-36-34-71(5)60(75)42-82-38-37-81-35-33-69-64(77)50-18-20-51(21-19-50)65(78)73-44(3)62(70-63(76)43(2)68-4)66(79)72(57-31-17-45(40-67)39-58(57)73)41-56-55-16-12-11-15-47(55)26-32-59(56)80-6/h8-32,39,43-44,62,68,74H,7,33-38,41-42H2,1-6H3,(H,69,77)(H,70,76)/b61-54-/t43?,44-,62-/m0/s1. The molecule has 1 unspecified atom stereocenters. The predicted octanol–water partition coefficient (Wildman–Crippen LogP) is 8.77. The number of benzene rings is 7. The number of hydrogen-bond acceptors (Lipinski definition) is 12. The molecule has 0 aromatic heterocycles. The monoisotopic (exact) mass is 1120 g/mol. The summed E-state index contributed by atoms with van der Waals surface area (Å²) in [6.07, 6.45) is 0.802. The SMILES string of the molecule is CC/C(=C(\c1ccc(O)cc1)c1ccc(OCCN(C)C(=O)COCCOCCNC(=O)c2ccc(C(=O)N3c4cc(C#N)ccc4N(Cc4c(OC)ccc5ccccc45)C(=O)[C@@H](NC(=O)C(C)NC)[C@@H]3C)cc2)cc1)c1ccccc1. The van der Waals surface area contributed by atoms with E-state index < -0.39 is 41.8 Å². The lowest BCUT2D eigenvalue weighted by Crippen LogP contribution is -2.59. The van der Waals surface area contributed by atoms with E-state index in [0.717, 1.165) is 39.5 Å². The van der Waals surface area contributed by atoms with E-state index in [0.29, 0.717) is 29.3 Å². The van der Waals surface area contributed by atoms with Crippen molar-refractivity contribution in [2.45, 2.75) is 51.9 Å². The van der Waals surface area contributed by atoms with Gasteiger partial charge in [0.15, 0.2) is 0 Å². The molecule has 5 amide bonds. The van der Waals surface area contributed by atoms with Crippen molar-refractivity contribution in [3.05, 3.63) is 197 Å². The van der Waals surface area contributed by atoms with E-state index in [4.69, 9.17) is 18.9 Å². The van der Waals surface area contributed by atoms with Crippen LogP contribution in [0.2, 0.25) is 0 Å². The molecule has 7 aromatic carbocycles. The van der Waals surface area contributed by atoms with Crippen molar-refractivity contribution in [2.24, 2.45) is 0 Å². The first-order valence-electron chi connectivity index (χ1n) is 27.5. The van der Waals surface area contributed by atoms with Gasteiger partial charge in [-0.25, -0.2) is 0 Å². The summed E-state index contributed by atoms with van der Waals surface area (Å²) in [6.45, 7) is 6.62. The maximum Gasteiger partial charge on any atom is 0.258 e. The number of aromatic hydroxyl groups is 1. The van der Waals surface area contributed by atoms with Crippen molar-refractivity contribution in [1.29, 1.82) is 5.26 Å². The van der Waals surface area contributed by atoms with Gasteiger partial charge in [-0.15, -0.1) is 0 Å². The third-order valence-electron chi connectivity index (χ3n) is 14.7. The minimum Gasteiger partial charge on any atom is -0.508 e. The van der Waals surface area contributed by atoms with Crippen LogP contribution >= 0.6 is 0 Å². The second kappa shape index (κ2) is 28.4. The molecule has 0 fully saturated rings. The summed E-state index contributed by atoms with van der Waals surface area (Å²) in [7, 11) is 4.86. The minimum atomic E-state index is -1.24. The number of phenols is 1. The smallest absolute Gasteiger partial charge is 0.258 e. The second-order valence-corrected chi connectivity index (χ2v) is 19.9. The topological polar surface area (TPSA) is 212 Å². The van der Waals surface area contributed by atoms with Gasteiger partial charge < -0.3 is 54.7 Å². The number of hydrogen-bond donors (Lipinski definition) is 4. The van der Waals surface area contributed by atoms with Gasteiger partial charge in [0.25, 0.3) is 17.7 Å².